The SMILES string of the molecule is COc1cc(C=CC(=O)N[C@H]2CC[C@@H](C)CC2)ccc1[O-].[Na+]. The third-order valence-corrected chi connectivity index (χ3v) is 3.98. The maximum Gasteiger partial charge on any atom is 1.00 e. The van der Waals surface area contributed by atoms with Crippen LogP contribution in [0.15, 0.2) is 24.3 Å². The largest absolute Gasteiger partial charge is 1.00 e. The zero-order valence-electron chi connectivity index (χ0n) is 13.6. The van der Waals surface area contributed by atoms with E-state index in [2.05, 4.69) is 12.2 Å². The molecule has 4 nitrogen and oxygen atoms in total. The van der Waals surface area contributed by atoms with Gasteiger partial charge in [0.1, 0.15) is 5.75 Å². The molecule has 2 rings (SSSR count). The van der Waals surface area contributed by atoms with Crippen molar-refractivity contribution in [3.05, 3.63) is 29.8 Å². The zero-order valence-corrected chi connectivity index (χ0v) is 15.6. The number of benzene rings is 1. The summed E-state index contributed by atoms with van der Waals surface area (Å²) in [6.45, 7) is 2.25. The number of rotatable bonds is 4. The second-order valence-corrected chi connectivity index (χ2v) is 5.71. The third kappa shape index (κ3) is 5.67. The van der Waals surface area contributed by atoms with Gasteiger partial charge in [0.05, 0.1) is 7.11 Å². The Kier molecular flexibility index (Phi) is 8.01. The van der Waals surface area contributed by atoms with Crippen LogP contribution in [0.2, 0.25) is 0 Å². The van der Waals surface area contributed by atoms with Crippen LogP contribution in [0.5, 0.6) is 11.5 Å². The first kappa shape index (κ1) is 19.1. The first-order valence-electron chi connectivity index (χ1n) is 7.42. The Hall–Kier alpha value is -0.970. The molecule has 1 N–H and O–H groups in total. The summed E-state index contributed by atoms with van der Waals surface area (Å²) in [5.74, 6) is 0.820. The first-order chi connectivity index (χ1) is 10.1. The molecule has 0 heterocycles. The molecule has 1 saturated carbocycles. The monoisotopic (exact) mass is 311 g/mol. The van der Waals surface area contributed by atoms with Crippen LogP contribution in [-0.2, 0) is 4.79 Å². The van der Waals surface area contributed by atoms with Gasteiger partial charge in [-0.05, 0) is 49.3 Å². The molecular formula is C17H22NNaO3. The molecule has 0 saturated heterocycles. The molecule has 0 atom stereocenters. The van der Waals surface area contributed by atoms with Crippen molar-refractivity contribution in [2.75, 3.05) is 7.11 Å². The molecule has 0 spiro atoms. The summed E-state index contributed by atoms with van der Waals surface area (Å²) < 4.78 is 4.98. The van der Waals surface area contributed by atoms with Crippen molar-refractivity contribution in [3.63, 3.8) is 0 Å². The maximum atomic E-state index is 11.9. The van der Waals surface area contributed by atoms with Gasteiger partial charge in [-0.1, -0.05) is 24.8 Å². The number of ether oxygens (including phenoxy) is 1. The van der Waals surface area contributed by atoms with Crippen molar-refractivity contribution in [3.8, 4) is 11.5 Å². The molecule has 1 aromatic rings. The van der Waals surface area contributed by atoms with Crippen LogP contribution < -0.4 is 44.7 Å². The minimum atomic E-state index is -0.157. The van der Waals surface area contributed by atoms with Crippen LogP contribution >= 0.6 is 0 Å². The van der Waals surface area contributed by atoms with Crippen LogP contribution in [0.1, 0.15) is 38.2 Å². The van der Waals surface area contributed by atoms with Gasteiger partial charge in [0, 0.05) is 12.1 Å². The van der Waals surface area contributed by atoms with Crippen LogP contribution in [0.25, 0.3) is 6.08 Å². The van der Waals surface area contributed by atoms with Crippen molar-refractivity contribution in [1.82, 2.24) is 5.32 Å². The Balaban J connectivity index is 0.00000242. The predicted molar refractivity (Wildman–Crippen MR) is 81.0 cm³/mol. The molecule has 0 unspecified atom stereocenters. The second kappa shape index (κ2) is 9.23. The molecule has 1 aliphatic rings. The van der Waals surface area contributed by atoms with E-state index in [1.807, 2.05) is 0 Å². The van der Waals surface area contributed by atoms with E-state index in [-0.39, 0.29) is 47.3 Å². The molecule has 114 valence electrons. The fraction of sp³-hybridized carbons (Fsp3) is 0.471. The fourth-order valence-corrected chi connectivity index (χ4v) is 2.61. The topological polar surface area (TPSA) is 61.4 Å². The molecule has 0 aromatic heterocycles. The van der Waals surface area contributed by atoms with Crippen LogP contribution in [-0.4, -0.2) is 19.1 Å². The fourth-order valence-electron chi connectivity index (χ4n) is 2.61. The van der Waals surface area contributed by atoms with E-state index in [4.69, 9.17) is 4.74 Å². The number of hydrogen-bond donors (Lipinski definition) is 1. The molecule has 1 aliphatic carbocycles. The Morgan fingerprint density at radius 1 is 1.32 bits per heavy atom. The van der Waals surface area contributed by atoms with Crippen LogP contribution in [0.4, 0.5) is 0 Å². The molecule has 0 bridgehead atoms. The molecule has 0 radical (unpaired) electrons. The molecule has 0 aliphatic heterocycles. The van der Waals surface area contributed by atoms with E-state index >= 15 is 0 Å². The number of carbonyl (C=O) groups excluding carboxylic acids is 1. The van der Waals surface area contributed by atoms with E-state index in [1.165, 1.54) is 32.1 Å². The maximum absolute atomic E-state index is 11.9. The van der Waals surface area contributed by atoms with Crippen molar-refractivity contribution in [2.45, 2.75) is 38.6 Å². The quantitative estimate of drug-likeness (QED) is 0.601. The summed E-state index contributed by atoms with van der Waals surface area (Å²) in [5.41, 5.74) is 0.777. The smallest absolute Gasteiger partial charge is 0.870 e. The van der Waals surface area contributed by atoms with Gasteiger partial charge in [-0.2, -0.15) is 0 Å². The Morgan fingerprint density at radius 3 is 2.64 bits per heavy atom. The van der Waals surface area contributed by atoms with E-state index < -0.39 is 0 Å². The summed E-state index contributed by atoms with van der Waals surface area (Å²) in [4.78, 5) is 11.9. The number of methoxy groups -OCH3 is 1. The Bertz CT molecular complexity index is 523. The number of amides is 1. The summed E-state index contributed by atoms with van der Waals surface area (Å²) in [5, 5.41) is 14.4. The van der Waals surface area contributed by atoms with Crippen molar-refractivity contribution in [1.29, 1.82) is 0 Å². The van der Waals surface area contributed by atoms with Crippen molar-refractivity contribution < 1.29 is 44.2 Å². The van der Waals surface area contributed by atoms with Gasteiger partial charge in [0.15, 0.2) is 0 Å². The normalized spacial score (nSPS) is 21.2. The Morgan fingerprint density at radius 2 is 2.00 bits per heavy atom. The average Bonchev–Trinajstić information content (AvgIpc) is 2.49. The van der Waals surface area contributed by atoms with Crippen molar-refractivity contribution >= 4 is 12.0 Å². The minimum Gasteiger partial charge on any atom is -0.870 e. The predicted octanol–water partition coefficient (Wildman–Crippen LogP) is -0.519. The van der Waals surface area contributed by atoms with Gasteiger partial charge < -0.3 is 15.2 Å². The molecule has 1 fully saturated rings. The molecule has 5 heteroatoms. The summed E-state index contributed by atoms with van der Waals surface area (Å²) in [6.07, 6.45) is 7.67. The van der Waals surface area contributed by atoms with E-state index in [9.17, 15) is 9.90 Å². The van der Waals surface area contributed by atoms with E-state index in [1.54, 1.807) is 18.2 Å². The van der Waals surface area contributed by atoms with Crippen LogP contribution in [0, 0.1) is 5.92 Å². The zero-order chi connectivity index (χ0) is 15.2. The molecule has 1 amide bonds. The Labute approximate surface area is 154 Å². The number of hydrogen-bond acceptors (Lipinski definition) is 3. The van der Waals surface area contributed by atoms with Gasteiger partial charge >= 0.3 is 29.6 Å². The van der Waals surface area contributed by atoms with E-state index in [0.717, 1.165) is 24.3 Å². The first-order valence-corrected chi connectivity index (χ1v) is 7.42. The molecule has 1 aromatic carbocycles. The molecule has 22 heavy (non-hydrogen) atoms. The summed E-state index contributed by atoms with van der Waals surface area (Å²) in [7, 11) is 1.46. The van der Waals surface area contributed by atoms with E-state index in [0.29, 0.717) is 5.75 Å². The summed E-state index contributed by atoms with van der Waals surface area (Å²) >= 11 is 0. The van der Waals surface area contributed by atoms with Gasteiger partial charge in [-0.3, -0.25) is 4.79 Å². The average molecular weight is 311 g/mol. The van der Waals surface area contributed by atoms with Gasteiger partial charge in [-0.25, -0.2) is 0 Å². The van der Waals surface area contributed by atoms with Crippen LogP contribution in [0.3, 0.4) is 0 Å². The van der Waals surface area contributed by atoms with Gasteiger partial charge in [0.2, 0.25) is 5.91 Å². The van der Waals surface area contributed by atoms with Gasteiger partial charge in [-0.15, -0.1) is 0 Å². The standard InChI is InChI=1S/C17H23NO3.Na/c1-12-3-7-14(8-4-12)18-17(20)10-6-13-5-9-15(19)16(11-13)21-2;/h5-6,9-12,14,19H,3-4,7-8H2,1-2H3,(H,18,20);/q;+1/p-1/t12-,14+;. The summed E-state index contributed by atoms with van der Waals surface area (Å²) in [6, 6.07) is 5.04. The van der Waals surface area contributed by atoms with Crippen molar-refractivity contribution in [2.24, 2.45) is 5.92 Å². The third-order valence-electron chi connectivity index (χ3n) is 3.98. The van der Waals surface area contributed by atoms with Gasteiger partial charge in [0.25, 0.3) is 0 Å². The second-order valence-electron chi connectivity index (χ2n) is 5.71. The number of nitrogens with one attached hydrogen (secondary N) is 1. The minimum absolute atomic E-state index is 0. The number of carbonyl (C=O) groups is 1. The molecular weight excluding hydrogens is 289 g/mol.